The van der Waals surface area contributed by atoms with Crippen LogP contribution in [0.5, 0.6) is 11.5 Å². The molecule has 0 unspecified atom stereocenters. The van der Waals surface area contributed by atoms with Crippen molar-refractivity contribution in [3.8, 4) is 11.5 Å². The van der Waals surface area contributed by atoms with Gasteiger partial charge < -0.3 is 4.74 Å². The van der Waals surface area contributed by atoms with Crippen molar-refractivity contribution < 1.29 is 14.3 Å². The zero-order valence-corrected chi connectivity index (χ0v) is 11.9. The van der Waals surface area contributed by atoms with Crippen molar-refractivity contribution in [3.63, 3.8) is 0 Å². The number of benzene rings is 2. The largest absolute Gasteiger partial charge is 0.455 e. The maximum absolute atomic E-state index is 11.9. The van der Waals surface area contributed by atoms with E-state index in [2.05, 4.69) is 0 Å². The molecule has 1 aliphatic rings. The van der Waals surface area contributed by atoms with Gasteiger partial charge in [0.2, 0.25) is 0 Å². The summed E-state index contributed by atoms with van der Waals surface area (Å²) in [6, 6.07) is 11.1. The van der Waals surface area contributed by atoms with Crippen molar-refractivity contribution in [3.05, 3.63) is 47.5 Å². The molecule has 0 saturated heterocycles. The second-order valence-corrected chi connectivity index (χ2v) is 5.63. The molecular formula is C16H12O3S. The Morgan fingerprint density at radius 2 is 1.70 bits per heavy atom. The lowest BCUT2D eigenvalue weighted by Gasteiger charge is -2.22. The van der Waals surface area contributed by atoms with Crippen LogP contribution in [0.1, 0.15) is 34.6 Å². The minimum atomic E-state index is -0.123. The smallest absolute Gasteiger partial charge is 0.161 e. The quantitative estimate of drug-likeness (QED) is 0.656. The highest BCUT2D eigenvalue weighted by molar-refractivity contribution is 7.99. The summed E-state index contributed by atoms with van der Waals surface area (Å²) in [7, 11) is 0. The molecule has 1 aliphatic heterocycles. The molecule has 0 saturated carbocycles. The van der Waals surface area contributed by atoms with Gasteiger partial charge in [-0.3, -0.25) is 9.59 Å². The standard InChI is InChI=1S/C16H12O3S/c1-9(17)11-7-8-13-16(15(11)10(2)18)20-14-6-4-3-5-12(14)19-13/h3-8H,1-2H3. The van der Waals surface area contributed by atoms with Crippen LogP contribution in [0.25, 0.3) is 0 Å². The maximum atomic E-state index is 11.9. The van der Waals surface area contributed by atoms with E-state index in [-0.39, 0.29) is 11.6 Å². The fourth-order valence-corrected chi connectivity index (χ4v) is 3.38. The molecule has 0 radical (unpaired) electrons. The number of Topliss-reactive ketones (excluding diaryl/α,β-unsaturated/α-hetero) is 2. The lowest BCUT2D eigenvalue weighted by molar-refractivity contribution is 0.0978. The lowest BCUT2D eigenvalue weighted by atomic mass is 10.0. The highest BCUT2D eigenvalue weighted by atomic mass is 32.2. The summed E-state index contributed by atoms with van der Waals surface area (Å²) in [6.07, 6.45) is 0. The van der Waals surface area contributed by atoms with E-state index < -0.39 is 0 Å². The maximum Gasteiger partial charge on any atom is 0.161 e. The number of rotatable bonds is 2. The Morgan fingerprint density at radius 1 is 0.950 bits per heavy atom. The van der Waals surface area contributed by atoms with Crippen LogP contribution in [0.3, 0.4) is 0 Å². The van der Waals surface area contributed by atoms with E-state index in [9.17, 15) is 9.59 Å². The molecule has 4 heteroatoms. The van der Waals surface area contributed by atoms with E-state index >= 15 is 0 Å². The first kappa shape index (κ1) is 12.9. The summed E-state index contributed by atoms with van der Waals surface area (Å²) < 4.78 is 5.82. The van der Waals surface area contributed by atoms with Crippen LogP contribution < -0.4 is 4.74 Å². The van der Waals surface area contributed by atoms with Crippen molar-refractivity contribution in [2.75, 3.05) is 0 Å². The van der Waals surface area contributed by atoms with Gasteiger partial charge in [0.1, 0.15) is 11.5 Å². The van der Waals surface area contributed by atoms with Gasteiger partial charge in [-0.05, 0) is 38.1 Å². The van der Waals surface area contributed by atoms with Crippen LogP contribution in [-0.2, 0) is 0 Å². The summed E-state index contributed by atoms with van der Waals surface area (Å²) in [5.41, 5.74) is 0.904. The third-order valence-electron chi connectivity index (χ3n) is 3.13. The van der Waals surface area contributed by atoms with Crippen LogP contribution in [-0.4, -0.2) is 11.6 Å². The molecule has 100 valence electrons. The molecule has 2 aromatic rings. The molecule has 0 N–H and O–H groups in total. The normalized spacial score (nSPS) is 12.1. The SMILES string of the molecule is CC(=O)c1ccc2c(c1C(C)=O)Sc1ccccc1O2. The first-order valence-electron chi connectivity index (χ1n) is 6.21. The lowest BCUT2D eigenvalue weighted by Crippen LogP contribution is -2.08. The monoisotopic (exact) mass is 284 g/mol. The number of ether oxygens (including phenoxy) is 1. The third kappa shape index (κ3) is 2.02. The second kappa shape index (κ2) is 4.80. The molecule has 20 heavy (non-hydrogen) atoms. The summed E-state index contributed by atoms with van der Waals surface area (Å²) in [5, 5.41) is 0. The number of hydrogen-bond donors (Lipinski definition) is 0. The van der Waals surface area contributed by atoms with E-state index in [0.29, 0.717) is 16.9 Å². The van der Waals surface area contributed by atoms with Gasteiger partial charge >= 0.3 is 0 Å². The highest BCUT2D eigenvalue weighted by Crippen LogP contribution is 2.49. The van der Waals surface area contributed by atoms with E-state index in [1.165, 1.54) is 25.6 Å². The summed E-state index contributed by atoms with van der Waals surface area (Å²) in [4.78, 5) is 25.3. The van der Waals surface area contributed by atoms with E-state index in [1.54, 1.807) is 12.1 Å². The number of para-hydroxylation sites is 1. The Morgan fingerprint density at radius 3 is 2.40 bits per heavy atom. The van der Waals surface area contributed by atoms with Crippen LogP contribution in [0.15, 0.2) is 46.2 Å². The summed E-state index contributed by atoms with van der Waals surface area (Å²) in [5.74, 6) is 1.17. The molecular weight excluding hydrogens is 272 g/mol. The first-order chi connectivity index (χ1) is 9.58. The topological polar surface area (TPSA) is 43.4 Å². The molecule has 0 fully saturated rings. The fraction of sp³-hybridized carbons (Fsp3) is 0.125. The number of hydrogen-bond acceptors (Lipinski definition) is 4. The van der Waals surface area contributed by atoms with Gasteiger partial charge in [-0.2, -0.15) is 0 Å². The van der Waals surface area contributed by atoms with Crippen molar-refractivity contribution in [2.24, 2.45) is 0 Å². The third-order valence-corrected chi connectivity index (χ3v) is 4.30. The number of fused-ring (bicyclic) bond motifs is 2. The molecule has 0 atom stereocenters. The molecule has 0 aromatic heterocycles. The second-order valence-electron chi connectivity index (χ2n) is 4.58. The van der Waals surface area contributed by atoms with E-state index in [4.69, 9.17) is 4.74 Å². The first-order valence-corrected chi connectivity index (χ1v) is 7.03. The van der Waals surface area contributed by atoms with Crippen LogP contribution >= 0.6 is 11.8 Å². The molecule has 1 heterocycles. The summed E-state index contributed by atoms with van der Waals surface area (Å²) >= 11 is 1.47. The van der Waals surface area contributed by atoms with Gasteiger partial charge in [-0.25, -0.2) is 0 Å². The molecule has 0 aliphatic carbocycles. The molecule has 2 aromatic carbocycles. The van der Waals surface area contributed by atoms with Crippen molar-refractivity contribution >= 4 is 23.3 Å². The van der Waals surface area contributed by atoms with Gasteiger partial charge in [-0.1, -0.05) is 23.9 Å². The molecule has 0 spiro atoms. The summed E-state index contributed by atoms with van der Waals surface area (Å²) in [6.45, 7) is 2.94. The average Bonchev–Trinajstić information content (AvgIpc) is 2.43. The Bertz CT molecular complexity index is 734. The predicted molar refractivity (Wildman–Crippen MR) is 77.1 cm³/mol. The molecule has 3 nitrogen and oxygen atoms in total. The van der Waals surface area contributed by atoms with Crippen molar-refractivity contribution in [1.29, 1.82) is 0 Å². The average molecular weight is 284 g/mol. The fourth-order valence-electron chi connectivity index (χ4n) is 2.24. The highest BCUT2D eigenvalue weighted by Gasteiger charge is 2.25. The minimum absolute atomic E-state index is 0.113. The number of carbonyl (C=O) groups excluding carboxylic acids is 2. The van der Waals surface area contributed by atoms with Crippen LogP contribution in [0.4, 0.5) is 0 Å². The Labute approximate surface area is 121 Å². The zero-order valence-electron chi connectivity index (χ0n) is 11.1. The van der Waals surface area contributed by atoms with Gasteiger partial charge in [0.05, 0.1) is 9.79 Å². The van der Waals surface area contributed by atoms with Crippen LogP contribution in [0.2, 0.25) is 0 Å². The number of ketones is 2. The van der Waals surface area contributed by atoms with E-state index in [0.717, 1.165) is 15.5 Å². The van der Waals surface area contributed by atoms with Crippen LogP contribution in [0, 0.1) is 0 Å². The predicted octanol–water partition coefficient (Wildman–Crippen LogP) is 4.35. The van der Waals surface area contributed by atoms with E-state index in [1.807, 2.05) is 24.3 Å². The zero-order chi connectivity index (χ0) is 14.3. The minimum Gasteiger partial charge on any atom is -0.455 e. The Balaban J connectivity index is 2.21. The van der Waals surface area contributed by atoms with Gasteiger partial charge in [0.15, 0.2) is 11.6 Å². The molecule has 3 rings (SSSR count). The molecule has 0 bridgehead atoms. The Hall–Kier alpha value is -2.07. The molecule has 0 amide bonds. The van der Waals surface area contributed by atoms with Gasteiger partial charge in [0.25, 0.3) is 0 Å². The van der Waals surface area contributed by atoms with Crippen molar-refractivity contribution in [2.45, 2.75) is 23.6 Å². The van der Waals surface area contributed by atoms with Gasteiger partial charge in [0, 0.05) is 11.1 Å². The Kier molecular flexibility index (Phi) is 3.10. The van der Waals surface area contributed by atoms with Gasteiger partial charge in [-0.15, -0.1) is 0 Å². The number of carbonyl (C=O) groups is 2. The van der Waals surface area contributed by atoms with Crippen molar-refractivity contribution in [1.82, 2.24) is 0 Å².